The molecule has 3 aromatic rings. The van der Waals surface area contributed by atoms with Gasteiger partial charge in [0.1, 0.15) is 12.4 Å². The van der Waals surface area contributed by atoms with Crippen LogP contribution in [0.3, 0.4) is 0 Å². The number of aryl methyl sites for hydroxylation is 2. The number of carbonyl (C=O) groups is 2. The van der Waals surface area contributed by atoms with Gasteiger partial charge in [0, 0.05) is 44.2 Å². The van der Waals surface area contributed by atoms with Gasteiger partial charge in [-0.15, -0.1) is 0 Å². The highest BCUT2D eigenvalue weighted by atomic mass is 16.5. The summed E-state index contributed by atoms with van der Waals surface area (Å²) in [6.45, 7) is 5.73. The Labute approximate surface area is 187 Å². The zero-order valence-corrected chi connectivity index (χ0v) is 18.6. The molecule has 1 aromatic carbocycles. The van der Waals surface area contributed by atoms with Crippen molar-refractivity contribution in [2.24, 2.45) is 0 Å². The fraction of sp³-hybridized carbons (Fsp3) is 0.320. The van der Waals surface area contributed by atoms with Crippen molar-refractivity contribution in [3.8, 4) is 0 Å². The average Bonchev–Trinajstić information content (AvgIpc) is 3.26. The number of fused-ring (bicyclic) bond motifs is 1. The van der Waals surface area contributed by atoms with Gasteiger partial charge in [0.15, 0.2) is 5.76 Å². The van der Waals surface area contributed by atoms with Crippen LogP contribution >= 0.6 is 0 Å². The molecule has 0 fully saturated rings. The van der Waals surface area contributed by atoms with Gasteiger partial charge >= 0.3 is 0 Å². The van der Waals surface area contributed by atoms with Crippen LogP contribution < -0.4 is 5.32 Å². The van der Waals surface area contributed by atoms with E-state index in [2.05, 4.69) is 10.3 Å². The molecule has 0 aliphatic carbocycles. The first-order valence-corrected chi connectivity index (χ1v) is 10.6. The van der Waals surface area contributed by atoms with E-state index in [0.717, 1.165) is 34.4 Å². The summed E-state index contributed by atoms with van der Waals surface area (Å²) >= 11 is 0. The van der Waals surface area contributed by atoms with Crippen molar-refractivity contribution in [3.05, 3.63) is 87.6 Å². The number of ether oxygens (including phenoxy) is 1. The minimum atomic E-state index is -0.281. The summed E-state index contributed by atoms with van der Waals surface area (Å²) in [7, 11) is 1.58. The molecule has 2 amide bonds. The zero-order valence-electron chi connectivity index (χ0n) is 18.6. The van der Waals surface area contributed by atoms with Gasteiger partial charge in [-0.05, 0) is 61.2 Å². The van der Waals surface area contributed by atoms with E-state index in [9.17, 15) is 9.59 Å². The summed E-state index contributed by atoms with van der Waals surface area (Å²) in [5.41, 5.74) is 5.82. The number of nitrogens with one attached hydrogen (secondary N) is 1. The number of nitrogens with zero attached hydrogens (tertiary/aromatic N) is 2. The maximum Gasteiger partial charge on any atom is 0.287 e. The zero-order chi connectivity index (χ0) is 22.7. The topological polar surface area (TPSA) is 84.7 Å². The Balaban J connectivity index is 1.47. The summed E-state index contributed by atoms with van der Waals surface area (Å²) in [5.74, 6) is 0.601. The van der Waals surface area contributed by atoms with Gasteiger partial charge in [-0.3, -0.25) is 14.6 Å². The van der Waals surface area contributed by atoms with E-state index in [4.69, 9.17) is 9.15 Å². The van der Waals surface area contributed by atoms with E-state index >= 15 is 0 Å². The highest BCUT2D eigenvalue weighted by molar-refractivity contribution is 5.94. The first-order chi connectivity index (χ1) is 15.5. The second kappa shape index (κ2) is 9.36. The molecule has 32 heavy (non-hydrogen) atoms. The van der Waals surface area contributed by atoms with E-state index in [-0.39, 0.29) is 17.6 Å². The number of pyridine rings is 1. The molecular formula is C25H27N3O4. The van der Waals surface area contributed by atoms with E-state index < -0.39 is 0 Å². The van der Waals surface area contributed by atoms with E-state index in [1.54, 1.807) is 19.2 Å². The van der Waals surface area contributed by atoms with Crippen LogP contribution in [0, 0.1) is 13.8 Å². The molecule has 0 bridgehead atoms. The molecule has 0 atom stereocenters. The molecule has 1 aliphatic rings. The lowest BCUT2D eigenvalue weighted by Crippen LogP contribution is -2.37. The predicted octanol–water partition coefficient (Wildman–Crippen LogP) is 3.57. The van der Waals surface area contributed by atoms with Crippen molar-refractivity contribution in [3.63, 3.8) is 0 Å². The Bertz CT molecular complexity index is 1150. The predicted molar refractivity (Wildman–Crippen MR) is 119 cm³/mol. The van der Waals surface area contributed by atoms with Crippen LogP contribution in [-0.4, -0.2) is 35.4 Å². The smallest absolute Gasteiger partial charge is 0.287 e. The third-order valence-corrected chi connectivity index (χ3v) is 5.75. The van der Waals surface area contributed by atoms with Crippen molar-refractivity contribution in [1.82, 2.24) is 15.2 Å². The molecule has 7 heteroatoms. The van der Waals surface area contributed by atoms with Crippen LogP contribution in [0.4, 0.5) is 0 Å². The Morgan fingerprint density at radius 3 is 2.84 bits per heavy atom. The molecule has 2 aromatic heterocycles. The van der Waals surface area contributed by atoms with Gasteiger partial charge in [0.05, 0.1) is 0 Å². The summed E-state index contributed by atoms with van der Waals surface area (Å²) in [4.78, 5) is 31.9. The number of rotatable bonds is 6. The van der Waals surface area contributed by atoms with Crippen LogP contribution in [-0.2, 0) is 30.9 Å². The lowest BCUT2D eigenvalue weighted by atomic mass is 9.94. The number of methoxy groups -OCH3 is 1. The molecule has 1 N–H and O–H groups in total. The van der Waals surface area contributed by atoms with Crippen LogP contribution in [0.2, 0.25) is 0 Å². The molecule has 0 saturated carbocycles. The van der Waals surface area contributed by atoms with Gasteiger partial charge in [-0.25, -0.2) is 0 Å². The van der Waals surface area contributed by atoms with Crippen LogP contribution in [0.5, 0.6) is 0 Å². The maximum atomic E-state index is 13.0. The third-order valence-electron chi connectivity index (χ3n) is 5.75. The summed E-state index contributed by atoms with van der Waals surface area (Å²) in [6, 6.07) is 11.0. The van der Waals surface area contributed by atoms with Gasteiger partial charge in [-0.1, -0.05) is 17.7 Å². The molecule has 1 aliphatic heterocycles. The highest BCUT2D eigenvalue weighted by Gasteiger charge is 2.25. The number of amides is 2. The summed E-state index contributed by atoms with van der Waals surface area (Å²) in [6.07, 6.45) is 2.56. The van der Waals surface area contributed by atoms with Gasteiger partial charge in [0.25, 0.3) is 11.8 Å². The SMILES string of the molecule is COCc1ccc(C(=O)NCc2c(C)ncc3c2CCN(C(=O)c2cccc(C)c2)C3)o1. The monoisotopic (exact) mass is 433 g/mol. The van der Waals surface area contributed by atoms with Gasteiger partial charge < -0.3 is 19.4 Å². The summed E-state index contributed by atoms with van der Waals surface area (Å²) < 4.78 is 10.5. The van der Waals surface area contributed by atoms with Crippen LogP contribution in [0.1, 0.15) is 54.6 Å². The lowest BCUT2D eigenvalue weighted by Gasteiger charge is -2.30. The Morgan fingerprint density at radius 1 is 1.22 bits per heavy atom. The quantitative estimate of drug-likeness (QED) is 0.643. The number of furan rings is 1. The van der Waals surface area contributed by atoms with E-state index in [1.165, 1.54) is 0 Å². The molecule has 0 spiro atoms. The van der Waals surface area contributed by atoms with Crippen molar-refractivity contribution in [2.75, 3.05) is 13.7 Å². The number of hydrogen-bond acceptors (Lipinski definition) is 5. The first-order valence-electron chi connectivity index (χ1n) is 10.6. The minimum Gasteiger partial charge on any atom is -0.453 e. The van der Waals surface area contributed by atoms with E-state index in [0.29, 0.717) is 37.6 Å². The Kier molecular flexibility index (Phi) is 6.37. The number of aromatic nitrogens is 1. The van der Waals surface area contributed by atoms with Crippen molar-refractivity contribution in [2.45, 2.75) is 40.0 Å². The highest BCUT2D eigenvalue weighted by Crippen LogP contribution is 2.25. The fourth-order valence-electron chi connectivity index (χ4n) is 4.07. The maximum absolute atomic E-state index is 13.0. The minimum absolute atomic E-state index is 0.0273. The fourth-order valence-corrected chi connectivity index (χ4v) is 4.07. The molecule has 3 heterocycles. The number of carbonyl (C=O) groups excluding carboxylic acids is 2. The average molecular weight is 434 g/mol. The van der Waals surface area contributed by atoms with Crippen LogP contribution in [0.15, 0.2) is 47.0 Å². The Hall–Kier alpha value is -3.45. The molecule has 166 valence electrons. The molecule has 4 rings (SSSR count). The second-order valence-corrected chi connectivity index (χ2v) is 8.05. The lowest BCUT2D eigenvalue weighted by molar-refractivity contribution is 0.0734. The van der Waals surface area contributed by atoms with Crippen molar-refractivity contribution < 1.29 is 18.7 Å². The second-order valence-electron chi connectivity index (χ2n) is 8.05. The molecule has 0 radical (unpaired) electrons. The van der Waals surface area contributed by atoms with Crippen LogP contribution in [0.25, 0.3) is 0 Å². The van der Waals surface area contributed by atoms with Crippen molar-refractivity contribution in [1.29, 1.82) is 0 Å². The van der Waals surface area contributed by atoms with Gasteiger partial charge in [-0.2, -0.15) is 0 Å². The number of benzene rings is 1. The van der Waals surface area contributed by atoms with Crippen molar-refractivity contribution >= 4 is 11.8 Å². The number of hydrogen-bond donors (Lipinski definition) is 1. The standard InChI is InChI=1S/C25H27N3O4/c1-16-5-4-6-18(11-16)25(30)28-10-9-21-19(14-28)12-26-17(2)22(21)13-27-24(29)23-8-7-20(32-23)15-31-3/h4-8,11-12H,9-10,13-15H2,1-3H3,(H,27,29). The van der Waals surface area contributed by atoms with E-state index in [1.807, 2.05) is 49.2 Å². The molecule has 0 saturated heterocycles. The largest absolute Gasteiger partial charge is 0.453 e. The normalized spacial score (nSPS) is 13.0. The third kappa shape index (κ3) is 4.57. The molecule has 7 nitrogen and oxygen atoms in total. The summed E-state index contributed by atoms with van der Waals surface area (Å²) in [5, 5.41) is 2.93. The Morgan fingerprint density at radius 2 is 2.06 bits per heavy atom. The molecule has 0 unspecified atom stereocenters. The molecular weight excluding hydrogens is 406 g/mol. The first kappa shape index (κ1) is 21.8. The van der Waals surface area contributed by atoms with Gasteiger partial charge in [0.2, 0.25) is 0 Å².